The van der Waals surface area contributed by atoms with Crippen LogP contribution in [0.15, 0.2) is 0 Å². The second-order valence-electron chi connectivity index (χ2n) is 5.67. The van der Waals surface area contributed by atoms with E-state index in [9.17, 15) is 9.59 Å². The zero-order valence-electron chi connectivity index (χ0n) is 11.4. The molecule has 0 aromatic carbocycles. The minimum Gasteiger partial charge on any atom is -0.378 e. The van der Waals surface area contributed by atoms with Crippen LogP contribution in [-0.2, 0) is 14.3 Å². The third-order valence-electron chi connectivity index (χ3n) is 3.91. The SMILES string of the molecule is CC1NC(=O)C(C)(C)N(CCC2CCCO2)C1=O. The average Bonchev–Trinajstić information content (AvgIpc) is 2.79. The number of carbonyl (C=O) groups excluding carboxylic acids is 2. The molecule has 2 fully saturated rings. The molecule has 2 amide bonds. The van der Waals surface area contributed by atoms with Gasteiger partial charge in [-0.2, -0.15) is 0 Å². The van der Waals surface area contributed by atoms with Gasteiger partial charge >= 0.3 is 0 Å². The van der Waals surface area contributed by atoms with Crippen LogP contribution in [0.3, 0.4) is 0 Å². The largest absolute Gasteiger partial charge is 0.378 e. The first kappa shape index (κ1) is 13.3. The van der Waals surface area contributed by atoms with Crippen molar-refractivity contribution in [1.82, 2.24) is 10.2 Å². The molecule has 0 bridgehead atoms. The summed E-state index contributed by atoms with van der Waals surface area (Å²) in [4.78, 5) is 25.8. The lowest BCUT2D eigenvalue weighted by molar-refractivity contribution is -0.155. The molecule has 2 rings (SSSR count). The maximum atomic E-state index is 12.2. The van der Waals surface area contributed by atoms with Crippen LogP contribution >= 0.6 is 0 Å². The molecule has 0 aromatic heterocycles. The average molecular weight is 254 g/mol. The van der Waals surface area contributed by atoms with Crippen LogP contribution in [0.2, 0.25) is 0 Å². The van der Waals surface area contributed by atoms with Gasteiger partial charge in [-0.1, -0.05) is 0 Å². The van der Waals surface area contributed by atoms with Crippen LogP contribution in [0.4, 0.5) is 0 Å². The fraction of sp³-hybridized carbons (Fsp3) is 0.846. The summed E-state index contributed by atoms with van der Waals surface area (Å²) in [6.07, 6.45) is 3.21. The van der Waals surface area contributed by atoms with Crippen LogP contribution in [0, 0.1) is 0 Å². The maximum absolute atomic E-state index is 12.2. The van der Waals surface area contributed by atoms with E-state index in [1.165, 1.54) is 0 Å². The Labute approximate surface area is 108 Å². The number of rotatable bonds is 3. The van der Waals surface area contributed by atoms with Crippen LogP contribution in [0.1, 0.15) is 40.0 Å². The van der Waals surface area contributed by atoms with Gasteiger partial charge in [0.25, 0.3) is 0 Å². The molecular formula is C13H22N2O3. The fourth-order valence-corrected chi connectivity index (χ4v) is 2.60. The molecule has 2 aliphatic rings. The van der Waals surface area contributed by atoms with Gasteiger partial charge in [-0.15, -0.1) is 0 Å². The highest BCUT2D eigenvalue weighted by atomic mass is 16.5. The van der Waals surface area contributed by atoms with Gasteiger partial charge < -0.3 is 15.0 Å². The molecule has 18 heavy (non-hydrogen) atoms. The lowest BCUT2D eigenvalue weighted by Crippen LogP contribution is -2.67. The summed E-state index contributed by atoms with van der Waals surface area (Å²) in [6.45, 7) is 6.73. The van der Waals surface area contributed by atoms with Gasteiger partial charge in [-0.05, 0) is 40.0 Å². The lowest BCUT2D eigenvalue weighted by Gasteiger charge is -2.43. The van der Waals surface area contributed by atoms with Gasteiger partial charge in [0.1, 0.15) is 11.6 Å². The number of carbonyl (C=O) groups is 2. The molecule has 0 aliphatic carbocycles. The minimum absolute atomic E-state index is 0.00223. The van der Waals surface area contributed by atoms with Crippen molar-refractivity contribution in [2.75, 3.05) is 13.2 Å². The lowest BCUT2D eigenvalue weighted by atomic mass is 9.95. The number of ether oxygens (including phenoxy) is 1. The second kappa shape index (κ2) is 4.88. The minimum atomic E-state index is -0.762. The molecule has 2 aliphatic heterocycles. The highest BCUT2D eigenvalue weighted by Gasteiger charge is 2.44. The Hall–Kier alpha value is -1.10. The molecular weight excluding hydrogens is 232 g/mol. The Kier molecular flexibility index (Phi) is 3.61. The van der Waals surface area contributed by atoms with Crippen LogP contribution in [0.5, 0.6) is 0 Å². The van der Waals surface area contributed by atoms with Crippen molar-refractivity contribution in [3.05, 3.63) is 0 Å². The van der Waals surface area contributed by atoms with E-state index in [-0.39, 0.29) is 17.9 Å². The number of nitrogens with one attached hydrogen (secondary N) is 1. The van der Waals surface area contributed by atoms with Crippen molar-refractivity contribution in [2.45, 2.75) is 57.7 Å². The summed E-state index contributed by atoms with van der Waals surface area (Å²) >= 11 is 0. The molecule has 1 N–H and O–H groups in total. The Morgan fingerprint density at radius 3 is 2.78 bits per heavy atom. The summed E-state index contributed by atoms with van der Waals surface area (Å²) < 4.78 is 5.56. The van der Waals surface area contributed by atoms with Gasteiger partial charge in [-0.25, -0.2) is 0 Å². The summed E-state index contributed by atoms with van der Waals surface area (Å²) in [5.41, 5.74) is -0.762. The molecule has 2 unspecified atom stereocenters. The molecule has 0 radical (unpaired) electrons. The van der Waals surface area contributed by atoms with E-state index < -0.39 is 11.6 Å². The highest BCUT2D eigenvalue weighted by Crippen LogP contribution is 2.23. The van der Waals surface area contributed by atoms with Crippen LogP contribution in [0.25, 0.3) is 0 Å². The summed E-state index contributed by atoms with van der Waals surface area (Å²) in [7, 11) is 0. The highest BCUT2D eigenvalue weighted by molar-refractivity contribution is 5.99. The quantitative estimate of drug-likeness (QED) is 0.806. The van der Waals surface area contributed by atoms with Gasteiger partial charge in [0.2, 0.25) is 11.8 Å². The molecule has 0 saturated carbocycles. The van der Waals surface area contributed by atoms with Gasteiger partial charge in [0.05, 0.1) is 6.10 Å². The van der Waals surface area contributed by atoms with Crippen molar-refractivity contribution >= 4 is 11.8 Å². The first-order chi connectivity index (χ1) is 8.43. The Morgan fingerprint density at radius 1 is 1.44 bits per heavy atom. The van der Waals surface area contributed by atoms with Crippen LogP contribution < -0.4 is 5.32 Å². The van der Waals surface area contributed by atoms with E-state index in [0.29, 0.717) is 6.54 Å². The number of hydrogen-bond acceptors (Lipinski definition) is 3. The van der Waals surface area contributed by atoms with Crippen molar-refractivity contribution in [1.29, 1.82) is 0 Å². The molecule has 5 heteroatoms. The number of amides is 2. The van der Waals surface area contributed by atoms with Crippen molar-refractivity contribution in [3.8, 4) is 0 Å². The van der Waals surface area contributed by atoms with Crippen LogP contribution in [-0.4, -0.2) is 47.6 Å². The second-order valence-corrected chi connectivity index (χ2v) is 5.67. The number of piperazine rings is 1. The Morgan fingerprint density at radius 2 is 2.17 bits per heavy atom. The summed E-state index contributed by atoms with van der Waals surface area (Å²) in [5, 5.41) is 2.72. The standard InChI is InChI=1S/C13H22N2O3/c1-9-11(16)15(13(2,3)12(17)14-9)7-6-10-5-4-8-18-10/h9-10H,4-8H2,1-3H3,(H,14,17). The van der Waals surface area contributed by atoms with E-state index in [1.54, 1.807) is 25.7 Å². The Balaban J connectivity index is 2.02. The first-order valence-corrected chi connectivity index (χ1v) is 6.67. The van der Waals surface area contributed by atoms with Gasteiger partial charge in [0.15, 0.2) is 0 Å². The number of nitrogens with zero attached hydrogens (tertiary/aromatic N) is 1. The fourth-order valence-electron chi connectivity index (χ4n) is 2.60. The predicted octanol–water partition coefficient (Wildman–Crippen LogP) is 0.681. The predicted molar refractivity (Wildman–Crippen MR) is 67.0 cm³/mol. The monoisotopic (exact) mass is 254 g/mol. The van der Waals surface area contributed by atoms with E-state index >= 15 is 0 Å². The zero-order valence-corrected chi connectivity index (χ0v) is 11.4. The van der Waals surface area contributed by atoms with E-state index in [0.717, 1.165) is 25.9 Å². The first-order valence-electron chi connectivity index (χ1n) is 6.67. The van der Waals surface area contributed by atoms with E-state index in [2.05, 4.69) is 5.32 Å². The molecule has 2 saturated heterocycles. The smallest absolute Gasteiger partial charge is 0.246 e. The maximum Gasteiger partial charge on any atom is 0.246 e. The van der Waals surface area contributed by atoms with E-state index in [1.807, 2.05) is 0 Å². The van der Waals surface area contributed by atoms with E-state index in [4.69, 9.17) is 4.74 Å². The van der Waals surface area contributed by atoms with Gasteiger partial charge in [-0.3, -0.25) is 9.59 Å². The van der Waals surface area contributed by atoms with Crippen molar-refractivity contribution in [3.63, 3.8) is 0 Å². The molecule has 0 spiro atoms. The third kappa shape index (κ3) is 2.36. The normalized spacial score (nSPS) is 31.6. The number of hydrogen-bond donors (Lipinski definition) is 1. The molecule has 2 heterocycles. The third-order valence-corrected chi connectivity index (χ3v) is 3.91. The summed E-state index contributed by atoms with van der Waals surface area (Å²) in [5.74, 6) is -0.0838. The molecule has 2 atom stereocenters. The molecule has 0 aromatic rings. The van der Waals surface area contributed by atoms with Gasteiger partial charge in [0, 0.05) is 13.2 Å². The van der Waals surface area contributed by atoms with Crippen molar-refractivity contribution < 1.29 is 14.3 Å². The topological polar surface area (TPSA) is 58.6 Å². The molecule has 102 valence electrons. The summed E-state index contributed by atoms with van der Waals surface area (Å²) in [6, 6.07) is -0.421. The van der Waals surface area contributed by atoms with Crippen molar-refractivity contribution in [2.24, 2.45) is 0 Å². The molecule has 5 nitrogen and oxygen atoms in total. The Bertz CT molecular complexity index is 348. The zero-order chi connectivity index (χ0) is 13.3.